The van der Waals surface area contributed by atoms with E-state index in [9.17, 15) is 14.0 Å². The van der Waals surface area contributed by atoms with Gasteiger partial charge >= 0.3 is 0 Å². The van der Waals surface area contributed by atoms with Gasteiger partial charge in [-0.05, 0) is 24.6 Å². The van der Waals surface area contributed by atoms with Gasteiger partial charge in [0.05, 0.1) is 13.0 Å². The Kier molecular flexibility index (Phi) is 6.97. The fourth-order valence-electron chi connectivity index (χ4n) is 3.36. The van der Waals surface area contributed by atoms with Crippen LogP contribution in [0.15, 0.2) is 30.3 Å². The van der Waals surface area contributed by atoms with Crippen molar-refractivity contribution in [3.05, 3.63) is 53.2 Å². The average molecular weight is 413 g/mol. The first-order valence-electron chi connectivity index (χ1n) is 10.2. The summed E-state index contributed by atoms with van der Waals surface area (Å²) in [6.45, 7) is 8.53. The van der Waals surface area contributed by atoms with Crippen LogP contribution >= 0.6 is 0 Å². The number of rotatable bonds is 6. The Balaban J connectivity index is 1.48. The molecule has 160 valence electrons. The summed E-state index contributed by atoms with van der Waals surface area (Å²) in [4.78, 5) is 37.5. The molecule has 0 atom stereocenters. The predicted octanol–water partition coefficient (Wildman–Crippen LogP) is 2.06. The Morgan fingerprint density at radius 1 is 1.13 bits per heavy atom. The first-order valence-corrected chi connectivity index (χ1v) is 10.2. The quantitative estimate of drug-likeness (QED) is 0.784. The molecule has 2 aromatic rings. The van der Waals surface area contributed by atoms with Crippen LogP contribution in [0.4, 0.5) is 10.2 Å². The molecule has 8 heteroatoms. The van der Waals surface area contributed by atoms with E-state index in [1.807, 2.05) is 13.0 Å². The second-order valence-electron chi connectivity index (χ2n) is 7.83. The highest BCUT2D eigenvalue weighted by atomic mass is 19.1. The number of carbonyl (C=O) groups is 2. The monoisotopic (exact) mass is 413 g/mol. The Hall–Kier alpha value is -3.03. The number of aromatic nitrogens is 2. The van der Waals surface area contributed by atoms with Gasteiger partial charge in [-0.15, -0.1) is 0 Å². The molecule has 0 aliphatic carbocycles. The van der Waals surface area contributed by atoms with Crippen LogP contribution in [-0.2, 0) is 16.0 Å². The van der Waals surface area contributed by atoms with Crippen LogP contribution in [0, 0.1) is 12.7 Å². The molecule has 0 saturated carbocycles. The summed E-state index contributed by atoms with van der Waals surface area (Å²) in [5, 5.41) is 2.63. The number of aryl methyl sites for hydroxylation is 1. The van der Waals surface area contributed by atoms with Crippen molar-refractivity contribution in [2.45, 2.75) is 33.1 Å². The highest BCUT2D eigenvalue weighted by Crippen LogP contribution is 2.18. The topological polar surface area (TPSA) is 78.4 Å². The van der Waals surface area contributed by atoms with Gasteiger partial charge in [-0.2, -0.15) is 0 Å². The molecule has 1 aliphatic rings. The van der Waals surface area contributed by atoms with Crippen molar-refractivity contribution in [1.82, 2.24) is 20.2 Å². The van der Waals surface area contributed by atoms with E-state index in [0.717, 1.165) is 17.3 Å². The molecule has 2 amide bonds. The zero-order valence-electron chi connectivity index (χ0n) is 17.7. The lowest BCUT2D eigenvalue weighted by atomic mass is 10.1. The number of hydrogen-bond donors (Lipinski definition) is 1. The van der Waals surface area contributed by atoms with Gasteiger partial charge < -0.3 is 15.1 Å². The Labute approximate surface area is 176 Å². The van der Waals surface area contributed by atoms with E-state index in [0.29, 0.717) is 31.7 Å². The third-order valence-electron chi connectivity index (χ3n) is 5.02. The SMILES string of the molecule is Cc1cc(N2CCN(C(=O)CNC(=O)Cc3cccc(F)c3)CC2)nc(C(C)C)n1. The normalized spacial score (nSPS) is 14.2. The van der Waals surface area contributed by atoms with Crippen LogP contribution in [-0.4, -0.2) is 59.4 Å². The average Bonchev–Trinajstić information content (AvgIpc) is 2.71. The van der Waals surface area contributed by atoms with Crippen LogP contribution in [0.25, 0.3) is 0 Å². The van der Waals surface area contributed by atoms with Crippen LogP contribution in [0.2, 0.25) is 0 Å². The number of nitrogens with one attached hydrogen (secondary N) is 1. The first-order chi connectivity index (χ1) is 14.3. The summed E-state index contributed by atoms with van der Waals surface area (Å²) >= 11 is 0. The van der Waals surface area contributed by atoms with Crippen molar-refractivity contribution >= 4 is 17.6 Å². The molecular formula is C22H28FN5O2. The largest absolute Gasteiger partial charge is 0.353 e. The number of hydrogen-bond acceptors (Lipinski definition) is 5. The Morgan fingerprint density at radius 2 is 1.87 bits per heavy atom. The Morgan fingerprint density at radius 3 is 2.53 bits per heavy atom. The zero-order valence-corrected chi connectivity index (χ0v) is 17.7. The Bertz CT molecular complexity index is 910. The van der Waals surface area contributed by atoms with Gasteiger partial charge in [-0.25, -0.2) is 14.4 Å². The smallest absolute Gasteiger partial charge is 0.242 e. The van der Waals surface area contributed by atoms with Crippen LogP contribution < -0.4 is 10.2 Å². The van der Waals surface area contributed by atoms with E-state index in [2.05, 4.69) is 34.0 Å². The van der Waals surface area contributed by atoms with E-state index < -0.39 is 0 Å². The fraction of sp³-hybridized carbons (Fsp3) is 0.455. The second-order valence-corrected chi connectivity index (χ2v) is 7.83. The molecule has 3 rings (SSSR count). The molecule has 7 nitrogen and oxygen atoms in total. The molecule has 0 radical (unpaired) electrons. The van der Waals surface area contributed by atoms with Crippen molar-refractivity contribution in [1.29, 1.82) is 0 Å². The number of benzene rings is 1. The molecule has 1 aliphatic heterocycles. The molecule has 1 fully saturated rings. The molecule has 0 spiro atoms. The summed E-state index contributed by atoms with van der Waals surface area (Å²) < 4.78 is 13.2. The lowest BCUT2D eigenvalue weighted by Gasteiger charge is -2.35. The van der Waals surface area contributed by atoms with E-state index in [-0.39, 0.29) is 36.5 Å². The van der Waals surface area contributed by atoms with Crippen molar-refractivity contribution in [2.75, 3.05) is 37.6 Å². The lowest BCUT2D eigenvalue weighted by molar-refractivity contribution is -0.133. The molecule has 1 saturated heterocycles. The van der Waals surface area contributed by atoms with E-state index in [1.165, 1.54) is 12.1 Å². The molecule has 2 heterocycles. The van der Waals surface area contributed by atoms with Crippen molar-refractivity contribution in [3.8, 4) is 0 Å². The summed E-state index contributed by atoms with van der Waals surface area (Å²) in [7, 11) is 0. The highest BCUT2D eigenvalue weighted by molar-refractivity contribution is 5.85. The van der Waals surface area contributed by atoms with Crippen LogP contribution in [0.5, 0.6) is 0 Å². The number of piperazine rings is 1. The maximum atomic E-state index is 13.2. The first kappa shape index (κ1) is 21.7. The van der Waals surface area contributed by atoms with E-state index in [4.69, 9.17) is 0 Å². The molecule has 30 heavy (non-hydrogen) atoms. The fourth-order valence-corrected chi connectivity index (χ4v) is 3.36. The molecule has 0 bridgehead atoms. The minimum absolute atomic E-state index is 0.0457. The summed E-state index contributed by atoms with van der Waals surface area (Å²) in [5.74, 6) is 1.16. The molecule has 1 aromatic heterocycles. The predicted molar refractivity (Wildman–Crippen MR) is 113 cm³/mol. The molecular weight excluding hydrogens is 385 g/mol. The third kappa shape index (κ3) is 5.75. The molecule has 1 N–H and O–H groups in total. The van der Waals surface area contributed by atoms with Gasteiger partial charge in [0.25, 0.3) is 0 Å². The van der Waals surface area contributed by atoms with Gasteiger partial charge in [-0.1, -0.05) is 26.0 Å². The summed E-state index contributed by atoms with van der Waals surface area (Å²) in [6.07, 6.45) is 0.0457. The van der Waals surface area contributed by atoms with Gasteiger partial charge in [0.1, 0.15) is 17.5 Å². The van der Waals surface area contributed by atoms with E-state index >= 15 is 0 Å². The summed E-state index contributed by atoms with van der Waals surface area (Å²) in [5.41, 5.74) is 1.51. The number of anilines is 1. The van der Waals surface area contributed by atoms with Gasteiger partial charge in [0, 0.05) is 43.9 Å². The number of nitrogens with zero attached hydrogens (tertiary/aromatic N) is 4. The van der Waals surface area contributed by atoms with Crippen molar-refractivity contribution in [2.24, 2.45) is 0 Å². The maximum Gasteiger partial charge on any atom is 0.242 e. The third-order valence-corrected chi connectivity index (χ3v) is 5.02. The molecule has 0 unspecified atom stereocenters. The van der Waals surface area contributed by atoms with Crippen LogP contribution in [0.3, 0.4) is 0 Å². The number of carbonyl (C=O) groups excluding carboxylic acids is 2. The van der Waals surface area contributed by atoms with Crippen molar-refractivity contribution in [3.63, 3.8) is 0 Å². The second kappa shape index (κ2) is 9.65. The number of amides is 2. The van der Waals surface area contributed by atoms with Gasteiger partial charge in [0.15, 0.2) is 0 Å². The standard InChI is InChI=1S/C22H28FN5O2/c1-15(2)22-25-16(3)11-19(26-22)27-7-9-28(10-8-27)21(30)14-24-20(29)13-17-5-4-6-18(23)12-17/h4-6,11-12,15H,7-10,13-14H2,1-3H3,(H,24,29). The van der Waals surface area contributed by atoms with Gasteiger partial charge in [-0.3, -0.25) is 9.59 Å². The lowest BCUT2D eigenvalue weighted by Crippen LogP contribution is -2.51. The zero-order chi connectivity index (χ0) is 21.7. The van der Waals surface area contributed by atoms with Crippen LogP contribution in [0.1, 0.15) is 36.8 Å². The minimum atomic E-state index is -0.381. The van der Waals surface area contributed by atoms with Crippen molar-refractivity contribution < 1.29 is 14.0 Å². The minimum Gasteiger partial charge on any atom is -0.353 e. The summed E-state index contributed by atoms with van der Waals surface area (Å²) in [6, 6.07) is 7.86. The molecule has 1 aromatic carbocycles. The maximum absolute atomic E-state index is 13.2. The highest BCUT2D eigenvalue weighted by Gasteiger charge is 2.23. The van der Waals surface area contributed by atoms with Gasteiger partial charge in [0.2, 0.25) is 11.8 Å². The number of halogens is 1. The van der Waals surface area contributed by atoms with E-state index in [1.54, 1.807) is 17.0 Å².